The van der Waals surface area contributed by atoms with Crippen LogP contribution in [0.4, 0.5) is 13.2 Å². The molecule has 0 aliphatic carbocycles. The van der Waals surface area contributed by atoms with Crippen LogP contribution in [0.2, 0.25) is 0 Å². The van der Waals surface area contributed by atoms with Gasteiger partial charge in [-0.15, -0.1) is 0 Å². The molecule has 1 saturated heterocycles. The monoisotopic (exact) mass is 321 g/mol. The molecule has 23 heavy (non-hydrogen) atoms. The van der Waals surface area contributed by atoms with Crippen molar-refractivity contribution in [3.63, 3.8) is 0 Å². The first-order valence-corrected chi connectivity index (χ1v) is 7.16. The second-order valence-corrected chi connectivity index (χ2v) is 5.22. The molecule has 1 unspecified atom stereocenters. The Morgan fingerprint density at radius 2 is 1.78 bits per heavy atom. The van der Waals surface area contributed by atoms with Crippen LogP contribution in [-0.4, -0.2) is 30.6 Å². The lowest BCUT2D eigenvalue weighted by Crippen LogP contribution is -2.43. The highest BCUT2D eigenvalue weighted by Gasteiger charge is 2.31. The van der Waals surface area contributed by atoms with Gasteiger partial charge in [0.15, 0.2) is 17.5 Å². The largest absolute Gasteiger partial charge is 0.377 e. The molecule has 2 aromatic rings. The van der Waals surface area contributed by atoms with E-state index in [0.717, 1.165) is 17.7 Å². The zero-order valence-electron chi connectivity index (χ0n) is 12.1. The maximum atomic E-state index is 13.9. The van der Waals surface area contributed by atoms with Gasteiger partial charge < -0.3 is 9.64 Å². The Balaban J connectivity index is 1.95. The number of morpholine rings is 1. The van der Waals surface area contributed by atoms with Gasteiger partial charge >= 0.3 is 0 Å². The molecule has 1 fully saturated rings. The predicted molar refractivity (Wildman–Crippen MR) is 77.4 cm³/mol. The van der Waals surface area contributed by atoms with Gasteiger partial charge in [0.1, 0.15) is 0 Å². The van der Waals surface area contributed by atoms with Crippen LogP contribution in [0, 0.1) is 17.5 Å². The first-order chi connectivity index (χ1) is 11.1. The molecule has 0 N–H and O–H groups in total. The second-order valence-electron chi connectivity index (χ2n) is 5.22. The molecule has 0 bridgehead atoms. The summed E-state index contributed by atoms with van der Waals surface area (Å²) in [5.74, 6) is -5.10. The zero-order chi connectivity index (χ0) is 16.4. The van der Waals surface area contributed by atoms with Crippen LogP contribution < -0.4 is 0 Å². The molecule has 3 rings (SSSR count). The third-order valence-electron chi connectivity index (χ3n) is 3.84. The lowest BCUT2D eigenvalue weighted by molar-refractivity contribution is -0.00298. The van der Waals surface area contributed by atoms with Crippen LogP contribution in [0.1, 0.15) is 22.0 Å². The molecule has 3 nitrogen and oxygen atoms in total. The van der Waals surface area contributed by atoms with Gasteiger partial charge in [-0.2, -0.15) is 0 Å². The van der Waals surface area contributed by atoms with E-state index < -0.39 is 35.0 Å². The normalized spacial score (nSPS) is 18.0. The topological polar surface area (TPSA) is 29.5 Å². The van der Waals surface area contributed by atoms with E-state index in [1.165, 1.54) is 4.90 Å². The quantitative estimate of drug-likeness (QED) is 0.794. The molecule has 6 heteroatoms. The average Bonchev–Trinajstić information content (AvgIpc) is 2.60. The Morgan fingerprint density at radius 1 is 1.04 bits per heavy atom. The summed E-state index contributed by atoms with van der Waals surface area (Å²) in [7, 11) is 0. The minimum atomic E-state index is -1.64. The smallest absolute Gasteiger partial charge is 0.257 e. The molecule has 2 aromatic carbocycles. The average molecular weight is 321 g/mol. The summed E-state index contributed by atoms with van der Waals surface area (Å²) in [6.45, 7) is 0.818. The number of halogens is 3. The molecule has 0 radical (unpaired) electrons. The van der Waals surface area contributed by atoms with Crippen LogP contribution in [0.5, 0.6) is 0 Å². The van der Waals surface area contributed by atoms with Crippen molar-refractivity contribution in [1.82, 2.24) is 4.90 Å². The lowest BCUT2D eigenvalue weighted by Gasteiger charge is -2.36. The first kappa shape index (κ1) is 15.6. The SMILES string of the molecule is O=C(c1ccc(F)c(F)c1F)N1CCOCC1c1ccccc1. The summed E-state index contributed by atoms with van der Waals surface area (Å²) < 4.78 is 45.7. The summed E-state index contributed by atoms with van der Waals surface area (Å²) in [6.07, 6.45) is 0. The summed E-state index contributed by atoms with van der Waals surface area (Å²) >= 11 is 0. The Labute approximate surface area is 131 Å². The number of amides is 1. The minimum absolute atomic E-state index is 0.247. The highest BCUT2D eigenvalue weighted by atomic mass is 19.2. The summed E-state index contributed by atoms with van der Waals surface area (Å²) in [5, 5.41) is 0. The van der Waals surface area contributed by atoms with Crippen molar-refractivity contribution in [1.29, 1.82) is 0 Å². The number of ether oxygens (including phenoxy) is 1. The molecule has 0 aromatic heterocycles. The van der Waals surface area contributed by atoms with Crippen molar-refractivity contribution < 1.29 is 22.7 Å². The van der Waals surface area contributed by atoms with Crippen molar-refractivity contribution >= 4 is 5.91 Å². The van der Waals surface area contributed by atoms with Crippen LogP contribution in [-0.2, 0) is 4.74 Å². The van der Waals surface area contributed by atoms with Gasteiger partial charge in [0.25, 0.3) is 5.91 Å². The minimum Gasteiger partial charge on any atom is -0.377 e. The van der Waals surface area contributed by atoms with E-state index >= 15 is 0 Å². The highest BCUT2D eigenvalue weighted by molar-refractivity contribution is 5.95. The van der Waals surface area contributed by atoms with Gasteiger partial charge in [0, 0.05) is 6.54 Å². The zero-order valence-corrected chi connectivity index (χ0v) is 12.1. The molecular weight excluding hydrogens is 307 g/mol. The molecule has 1 aliphatic heterocycles. The van der Waals surface area contributed by atoms with E-state index in [9.17, 15) is 18.0 Å². The van der Waals surface area contributed by atoms with Crippen LogP contribution in [0.15, 0.2) is 42.5 Å². The molecule has 1 heterocycles. The lowest BCUT2D eigenvalue weighted by atomic mass is 10.0. The second kappa shape index (κ2) is 6.42. The van der Waals surface area contributed by atoms with Crippen LogP contribution >= 0.6 is 0 Å². The summed E-state index contributed by atoms with van der Waals surface area (Å²) in [4.78, 5) is 14.0. The fourth-order valence-electron chi connectivity index (χ4n) is 2.64. The molecule has 120 valence electrons. The van der Waals surface area contributed by atoms with Gasteiger partial charge in [-0.1, -0.05) is 30.3 Å². The summed E-state index contributed by atoms with van der Waals surface area (Å²) in [6, 6.07) is 10.5. The Morgan fingerprint density at radius 3 is 2.52 bits per heavy atom. The number of nitrogens with zero attached hydrogens (tertiary/aromatic N) is 1. The van der Waals surface area contributed by atoms with Gasteiger partial charge in [0.2, 0.25) is 0 Å². The van der Waals surface area contributed by atoms with E-state index in [0.29, 0.717) is 6.61 Å². The van der Waals surface area contributed by atoms with Crippen molar-refractivity contribution in [3.8, 4) is 0 Å². The molecule has 1 amide bonds. The van der Waals surface area contributed by atoms with Crippen molar-refractivity contribution in [2.24, 2.45) is 0 Å². The highest BCUT2D eigenvalue weighted by Crippen LogP contribution is 2.27. The number of carbonyl (C=O) groups is 1. The van der Waals surface area contributed by atoms with Gasteiger partial charge in [-0.3, -0.25) is 4.79 Å². The van der Waals surface area contributed by atoms with E-state index in [4.69, 9.17) is 4.74 Å². The number of hydrogen-bond donors (Lipinski definition) is 0. The molecular formula is C17H14F3NO2. The third kappa shape index (κ3) is 2.94. The molecule has 1 atom stereocenters. The van der Waals surface area contributed by atoms with Gasteiger partial charge in [-0.25, -0.2) is 13.2 Å². The Kier molecular flexibility index (Phi) is 4.34. The van der Waals surface area contributed by atoms with Crippen molar-refractivity contribution in [3.05, 3.63) is 71.0 Å². The van der Waals surface area contributed by atoms with Gasteiger partial charge in [-0.05, 0) is 17.7 Å². The number of rotatable bonds is 2. The standard InChI is InChI=1S/C17H14F3NO2/c18-13-7-6-12(15(19)16(13)20)17(22)21-8-9-23-10-14(21)11-4-2-1-3-5-11/h1-7,14H,8-10H2. The number of hydrogen-bond acceptors (Lipinski definition) is 2. The molecule has 0 spiro atoms. The fourth-order valence-corrected chi connectivity index (χ4v) is 2.64. The summed E-state index contributed by atoms with van der Waals surface area (Å²) in [5.41, 5.74) is 0.357. The van der Waals surface area contributed by atoms with E-state index in [1.54, 1.807) is 0 Å². The van der Waals surface area contributed by atoms with Crippen molar-refractivity contribution in [2.75, 3.05) is 19.8 Å². The number of benzene rings is 2. The predicted octanol–water partition coefficient (Wildman–Crippen LogP) is 3.32. The van der Waals surface area contributed by atoms with E-state index in [-0.39, 0.29) is 13.2 Å². The fraction of sp³-hybridized carbons (Fsp3) is 0.235. The third-order valence-corrected chi connectivity index (χ3v) is 3.84. The first-order valence-electron chi connectivity index (χ1n) is 7.16. The maximum absolute atomic E-state index is 13.9. The molecule has 1 aliphatic rings. The number of carbonyl (C=O) groups excluding carboxylic acids is 1. The molecule has 0 saturated carbocycles. The Bertz CT molecular complexity index is 721. The van der Waals surface area contributed by atoms with E-state index in [1.807, 2.05) is 30.3 Å². The maximum Gasteiger partial charge on any atom is 0.257 e. The Hall–Kier alpha value is -2.34. The van der Waals surface area contributed by atoms with Crippen molar-refractivity contribution in [2.45, 2.75) is 6.04 Å². The van der Waals surface area contributed by atoms with E-state index in [2.05, 4.69) is 0 Å². The van der Waals surface area contributed by atoms with Crippen LogP contribution in [0.25, 0.3) is 0 Å². The van der Waals surface area contributed by atoms with Crippen LogP contribution in [0.3, 0.4) is 0 Å². The van der Waals surface area contributed by atoms with Gasteiger partial charge in [0.05, 0.1) is 24.8 Å².